The van der Waals surface area contributed by atoms with Gasteiger partial charge in [-0.1, -0.05) is 30.0 Å². The average Bonchev–Trinajstić information content (AvgIpc) is 3.46. The second kappa shape index (κ2) is 10.6. The maximum absolute atomic E-state index is 14.0. The van der Waals surface area contributed by atoms with Crippen LogP contribution in [0.2, 0.25) is 0 Å². The van der Waals surface area contributed by atoms with Crippen molar-refractivity contribution < 1.29 is 23.5 Å². The van der Waals surface area contributed by atoms with Gasteiger partial charge in [0.2, 0.25) is 12.7 Å². The number of thioether (sulfide) groups is 1. The van der Waals surface area contributed by atoms with Crippen molar-refractivity contribution in [2.45, 2.75) is 36.8 Å². The van der Waals surface area contributed by atoms with Crippen molar-refractivity contribution in [1.82, 2.24) is 20.1 Å². The van der Waals surface area contributed by atoms with Gasteiger partial charge in [0.1, 0.15) is 5.82 Å². The number of benzene rings is 2. The molecule has 11 heteroatoms. The molecule has 1 aliphatic heterocycles. The van der Waals surface area contributed by atoms with Crippen molar-refractivity contribution in [1.29, 1.82) is 0 Å². The van der Waals surface area contributed by atoms with Gasteiger partial charge in [-0.3, -0.25) is 9.59 Å². The van der Waals surface area contributed by atoms with Gasteiger partial charge in [-0.15, -0.1) is 16.8 Å². The molecule has 0 aliphatic carbocycles. The summed E-state index contributed by atoms with van der Waals surface area (Å²) in [5.41, 5.74) is 0.530. The number of carbonyl (C=O) groups excluding carboxylic acids is 2. The predicted octanol–water partition coefficient (Wildman–Crippen LogP) is 3.94. The number of rotatable bonds is 9. The smallest absolute Gasteiger partial charge is 0.254 e. The zero-order valence-corrected chi connectivity index (χ0v) is 20.0. The van der Waals surface area contributed by atoms with Crippen LogP contribution in [0.5, 0.6) is 11.5 Å². The molecule has 2 atom stereocenters. The van der Waals surface area contributed by atoms with Crippen molar-refractivity contribution in [2.24, 2.45) is 0 Å². The second-order valence-corrected chi connectivity index (χ2v) is 9.04. The van der Waals surface area contributed by atoms with E-state index in [9.17, 15) is 14.0 Å². The van der Waals surface area contributed by atoms with E-state index in [0.29, 0.717) is 34.7 Å². The first kappa shape index (κ1) is 24.3. The molecule has 35 heavy (non-hydrogen) atoms. The molecule has 0 saturated carbocycles. The molecule has 2 aromatic carbocycles. The van der Waals surface area contributed by atoms with E-state index < -0.39 is 23.0 Å². The number of nitrogens with one attached hydrogen (secondary N) is 2. The lowest BCUT2D eigenvalue weighted by atomic mass is 10.2. The number of fused-ring (bicyclic) bond motifs is 1. The summed E-state index contributed by atoms with van der Waals surface area (Å²) in [6.45, 7) is 7.77. The molecule has 0 saturated heterocycles. The number of allylic oxidation sites excluding steroid dienone is 1. The number of aromatic nitrogens is 3. The third kappa shape index (κ3) is 5.46. The Balaban J connectivity index is 1.44. The SMILES string of the molecule is C=CCn1c(S[C@@H](C)C(=O)Nc2ccc3c(c2)OCO3)nnc1[C@H](C)NC(=O)c1ccccc1F. The fourth-order valence-electron chi connectivity index (χ4n) is 3.42. The van der Waals surface area contributed by atoms with Crippen LogP contribution in [0.1, 0.15) is 36.1 Å². The van der Waals surface area contributed by atoms with E-state index in [2.05, 4.69) is 27.4 Å². The molecule has 1 aliphatic rings. The molecule has 9 nitrogen and oxygen atoms in total. The molecule has 0 bridgehead atoms. The molecule has 2 heterocycles. The summed E-state index contributed by atoms with van der Waals surface area (Å²) in [5, 5.41) is 14.0. The number of ether oxygens (including phenoxy) is 2. The van der Waals surface area contributed by atoms with Crippen LogP contribution in [-0.4, -0.2) is 38.6 Å². The highest BCUT2D eigenvalue weighted by Crippen LogP contribution is 2.34. The van der Waals surface area contributed by atoms with Crippen molar-refractivity contribution in [3.8, 4) is 11.5 Å². The lowest BCUT2D eigenvalue weighted by Gasteiger charge is -2.16. The molecule has 2 N–H and O–H groups in total. The topological polar surface area (TPSA) is 107 Å². The molecule has 0 unspecified atom stereocenters. The van der Waals surface area contributed by atoms with Crippen LogP contribution in [0.4, 0.5) is 10.1 Å². The van der Waals surface area contributed by atoms with Gasteiger partial charge in [0.15, 0.2) is 22.5 Å². The Morgan fingerprint density at radius 3 is 2.74 bits per heavy atom. The van der Waals surface area contributed by atoms with Gasteiger partial charge in [-0.05, 0) is 38.1 Å². The fraction of sp³-hybridized carbons (Fsp3) is 0.250. The normalized spacial score (nSPS) is 13.7. The fourth-order valence-corrected chi connectivity index (χ4v) is 4.29. The monoisotopic (exact) mass is 497 g/mol. The Bertz CT molecular complexity index is 1260. The van der Waals surface area contributed by atoms with Gasteiger partial charge in [0, 0.05) is 18.3 Å². The van der Waals surface area contributed by atoms with Gasteiger partial charge in [0.05, 0.1) is 16.9 Å². The largest absolute Gasteiger partial charge is 0.454 e. The zero-order valence-electron chi connectivity index (χ0n) is 19.2. The first-order chi connectivity index (χ1) is 16.9. The van der Waals surface area contributed by atoms with E-state index in [0.717, 1.165) is 0 Å². The molecule has 1 aromatic heterocycles. The minimum atomic E-state index is -0.608. The maximum atomic E-state index is 14.0. The molecule has 2 amide bonds. The summed E-state index contributed by atoms with van der Waals surface area (Å²) in [7, 11) is 0. The average molecular weight is 498 g/mol. The van der Waals surface area contributed by atoms with E-state index in [1.165, 1.54) is 30.0 Å². The molecular formula is C24H24FN5O4S. The van der Waals surface area contributed by atoms with Gasteiger partial charge in [-0.25, -0.2) is 4.39 Å². The van der Waals surface area contributed by atoms with Crippen molar-refractivity contribution in [3.05, 3.63) is 72.3 Å². The Kier molecular flexibility index (Phi) is 7.35. The third-order valence-corrected chi connectivity index (χ3v) is 6.28. The van der Waals surface area contributed by atoms with Crippen LogP contribution in [0.15, 0.2) is 60.3 Å². The number of nitrogens with zero attached hydrogens (tertiary/aromatic N) is 3. The van der Waals surface area contributed by atoms with E-state index in [-0.39, 0.29) is 18.3 Å². The summed E-state index contributed by atoms with van der Waals surface area (Å²) >= 11 is 1.22. The predicted molar refractivity (Wildman–Crippen MR) is 129 cm³/mol. The van der Waals surface area contributed by atoms with Gasteiger partial charge >= 0.3 is 0 Å². The standard InChI is InChI=1S/C24H24FN5O4S/c1-4-11-30-21(14(2)26-23(32)17-7-5-6-8-18(17)25)28-29-24(30)35-15(3)22(31)27-16-9-10-19-20(12-16)34-13-33-19/h4-10,12,14-15H,1,11,13H2,2-3H3,(H,26,32)(H,27,31)/t14-,15-/m0/s1. The number of carbonyl (C=O) groups is 2. The van der Waals surface area contributed by atoms with E-state index in [1.54, 1.807) is 48.8 Å². The van der Waals surface area contributed by atoms with Gasteiger partial charge in [-0.2, -0.15) is 0 Å². The van der Waals surface area contributed by atoms with Crippen LogP contribution in [0.25, 0.3) is 0 Å². The van der Waals surface area contributed by atoms with Crippen LogP contribution >= 0.6 is 11.8 Å². The first-order valence-corrected chi connectivity index (χ1v) is 11.7. The highest BCUT2D eigenvalue weighted by molar-refractivity contribution is 8.00. The molecule has 182 valence electrons. The van der Waals surface area contributed by atoms with E-state index >= 15 is 0 Å². The number of hydrogen-bond acceptors (Lipinski definition) is 7. The Hall–Kier alpha value is -3.86. The number of hydrogen-bond donors (Lipinski definition) is 2. The number of halogens is 1. The lowest BCUT2D eigenvalue weighted by Crippen LogP contribution is -2.29. The Morgan fingerprint density at radius 2 is 1.97 bits per heavy atom. The molecule has 4 rings (SSSR count). The van der Waals surface area contributed by atoms with Crippen molar-refractivity contribution in [3.63, 3.8) is 0 Å². The molecular weight excluding hydrogens is 473 g/mol. The molecule has 0 fully saturated rings. The molecule has 0 spiro atoms. The summed E-state index contributed by atoms with van der Waals surface area (Å²) in [6.07, 6.45) is 1.67. The molecule has 3 aromatic rings. The highest BCUT2D eigenvalue weighted by atomic mass is 32.2. The van der Waals surface area contributed by atoms with Crippen LogP contribution in [0, 0.1) is 5.82 Å². The maximum Gasteiger partial charge on any atom is 0.254 e. The number of amides is 2. The number of anilines is 1. The van der Waals surface area contributed by atoms with Crippen molar-refractivity contribution >= 4 is 29.3 Å². The highest BCUT2D eigenvalue weighted by Gasteiger charge is 2.24. The third-order valence-electron chi connectivity index (χ3n) is 5.20. The second-order valence-electron chi connectivity index (χ2n) is 7.73. The van der Waals surface area contributed by atoms with Crippen LogP contribution in [-0.2, 0) is 11.3 Å². The van der Waals surface area contributed by atoms with E-state index in [4.69, 9.17) is 9.47 Å². The summed E-state index contributed by atoms with van der Waals surface area (Å²) < 4.78 is 26.4. The Morgan fingerprint density at radius 1 is 1.20 bits per heavy atom. The first-order valence-electron chi connectivity index (χ1n) is 10.8. The minimum absolute atomic E-state index is 0.0578. The van der Waals surface area contributed by atoms with Crippen LogP contribution in [0.3, 0.4) is 0 Å². The van der Waals surface area contributed by atoms with Crippen LogP contribution < -0.4 is 20.1 Å². The van der Waals surface area contributed by atoms with E-state index in [1.807, 2.05) is 0 Å². The summed E-state index contributed by atoms with van der Waals surface area (Å²) in [4.78, 5) is 25.3. The van der Waals surface area contributed by atoms with Crippen molar-refractivity contribution in [2.75, 3.05) is 12.1 Å². The summed E-state index contributed by atoms with van der Waals surface area (Å²) in [6, 6.07) is 10.4. The van der Waals surface area contributed by atoms with Gasteiger partial charge in [0.25, 0.3) is 5.91 Å². The lowest BCUT2D eigenvalue weighted by molar-refractivity contribution is -0.115. The zero-order chi connectivity index (χ0) is 24.9. The minimum Gasteiger partial charge on any atom is -0.454 e. The molecule has 0 radical (unpaired) electrons. The Labute approximate surface area is 205 Å². The summed E-state index contributed by atoms with van der Waals surface area (Å²) in [5.74, 6) is 0.263. The van der Waals surface area contributed by atoms with Gasteiger partial charge < -0.3 is 24.7 Å². The quantitative estimate of drug-likeness (QED) is 0.341.